The molecule has 174 valence electrons. The molecule has 2 heterocycles. The van der Waals surface area contributed by atoms with Gasteiger partial charge in [0, 0.05) is 13.1 Å². The van der Waals surface area contributed by atoms with Crippen LogP contribution < -0.4 is 10.9 Å². The number of para-hydroxylation sites is 1. The van der Waals surface area contributed by atoms with Crippen molar-refractivity contribution in [2.75, 3.05) is 18.4 Å². The standard InChI is InChI=1S/C23H25ClN4O4S/c1-16-25-20-9-5-4-8-18(20)23(30)28(16)15-22(29)26-21-14-17(10-11-19(21)24)33(31,32)27-12-6-2-3-7-13-27/h4-5,8-11,14H,2-3,6-7,12-13,15H2,1H3,(H,26,29). The molecule has 0 atom stereocenters. The molecule has 3 aromatic rings. The van der Waals surface area contributed by atoms with Crippen LogP contribution in [0.3, 0.4) is 0 Å². The Morgan fingerprint density at radius 2 is 1.79 bits per heavy atom. The molecule has 4 rings (SSSR count). The predicted molar refractivity (Wildman–Crippen MR) is 128 cm³/mol. The lowest BCUT2D eigenvalue weighted by Crippen LogP contribution is -2.32. The van der Waals surface area contributed by atoms with Gasteiger partial charge in [0.15, 0.2) is 0 Å². The van der Waals surface area contributed by atoms with E-state index in [2.05, 4.69) is 10.3 Å². The number of carbonyl (C=O) groups excluding carboxylic acids is 1. The van der Waals surface area contributed by atoms with E-state index in [1.165, 1.54) is 27.1 Å². The third-order valence-electron chi connectivity index (χ3n) is 5.77. The molecule has 8 nitrogen and oxygen atoms in total. The highest BCUT2D eigenvalue weighted by atomic mass is 35.5. The van der Waals surface area contributed by atoms with Gasteiger partial charge in [0.2, 0.25) is 15.9 Å². The van der Waals surface area contributed by atoms with E-state index in [1.54, 1.807) is 31.2 Å². The van der Waals surface area contributed by atoms with Gasteiger partial charge in [-0.25, -0.2) is 13.4 Å². The van der Waals surface area contributed by atoms with Crippen LogP contribution in [-0.4, -0.2) is 41.3 Å². The van der Waals surface area contributed by atoms with Crippen molar-refractivity contribution in [3.63, 3.8) is 0 Å². The number of carbonyl (C=O) groups is 1. The van der Waals surface area contributed by atoms with Gasteiger partial charge in [0.25, 0.3) is 5.56 Å². The second-order valence-corrected chi connectivity index (χ2v) is 10.4. The molecule has 0 spiro atoms. The van der Waals surface area contributed by atoms with E-state index >= 15 is 0 Å². The summed E-state index contributed by atoms with van der Waals surface area (Å²) in [6.07, 6.45) is 3.67. The Balaban J connectivity index is 1.58. The van der Waals surface area contributed by atoms with E-state index in [9.17, 15) is 18.0 Å². The van der Waals surface area contributed by atoms with Gasteiger partial charge in [0.05, 0.1) is 26.5 Å². The van der Waals surface area contributed by atoms with Crippen LogP contribution in [0.1, 0.15) is 31.5 Å². The number of fused-ring (bicyclic) bond motifs is 1. The molecule has 1 aliphatic rings. The highest BCUT2D eigenvalue weighted by Crippen LogP contribution is 2.28. The molecular weight excluding hydrogens is 464 g/mol. The van der Waals surface area contributed by atoms with Gasteiger partial charge in [-0.05, 0) is 50.1 Å². The number of nitrogens with zero attached hydrogens (tertiary/aromatic N) is 3. The summed E-state index contributed by atoms with van der Waals surface area (Å²) >= 11 is 6.24. The Morgan fingerprint density at radius 3 is 2.52 bits per heavy atom. The van der Waals surface area contributed by atoms with Gasteiger partial charge in [-0.2, -0.15) is 4.31 Å². The number of halogens is 1. The Hall–Kier alpha value is -2.75. The van der Waals surface area contributed by atoms with Crippen molar-refractivity contribution in [2.45, 2.75) is 44.0 Å². The van der Waals surface area contributed by atoms with Gasteiger partial charge in [0.1, 0.15) is 12.4 Å². The predicted octanol–water partition coefficient (Wildman–Crippen LogP) is 3.56. The third kappa shape index (κ3) is 4.95. The Kier molecular flexibility index (Phi) is 6.83. The summed E-state index contributed by atoms with van der Waals surface area (Å²) in [5, 5.41) is 3.27. The quantitative estimate of drug-likeness (QED) is 0.591. The number of amides is 1. The van der Waals surface area contributed by atoms with Crippen LogP contribution >= 0.6 is 11.6 Å². The Labute approximate surface area is 197 Å². The molecule has 10 heteroatoms. The normalized spacial score (nSPS) is 15.3. The fourth-order valence-corrected chi connectivity index (χ4v) is 5.70. The maximum atomic E-state index is 13.1. The first-order valence-corrected chi connectivity index (χ1v) is 12.6. The van der Waals surface area contributed by atoms with Crippen LogP contribution in [0.2, 0.25) is 5.02 Å². The molecule has 1 fully saturated rings. The number of aromatic nitrogens is 2. The molecule has 0 bridgehead atoms. The molecule has 1 aromatic heterocycles. The number of anilines is 1. The smallest absolute Gasteiger partial charge is 0.261 e. The summed E-state index contributed by atoms with van der Waals surface area (Å²) in [6, 6.07) is 11.2. The first-order valence-electron chi connectivity index (χ1n) is 10.8. The van der Waals surface area contributed by atoms with Gasteiger partial charge < -0.3 is 5.32 Å². The summed E-state index contributed by atoms with van der Waals surface area (Å²) in [5.41, 5.74) is 0.417. The number of hydrogen-bond donors (Lipinski definition) is 1. The van der Waals surface area contributed by atoms with E-state index in [0.29, 0.717) is 29.8 Å². The molecule has 0 saturated carbocycles. The summed E-state index contributed by atoms with van der Waals surface area (Å²) in [7, 11) is -3.70. The molecule has 1 aliphatic heterocycles. The summed E-state index contributed by atoms with van der Waals surface area (Å²) in [4.78, 5) is 30.1. The second kappa shape index (κ2) is 9.62. The highest BCUT2D eigenvalue weighted by molar-refractivity contribution is 7.89. The second-order valence-electron chi connectivity index (χ2n) is 8.08. The number of rotatable bonds is 5. The SMILES string of the molecule is Cc1nc2ccccc2c(=O)n1CC(=O)Nc1cc(S(=O)(=O)N2CCCCCC2)ccc1Cl. The van der Waals surface area contributed by atoms with Crippen molar-refractivity contribution in [1.29, 1.82) is 0 Å². The van der Waals surface area contributed by atoms with Gasteiger partial charge in [-0.1, -0.05) is 36.6 Å². The fraction of sp³-hybridized carbons (Fsp3) is 0.348. The first-order chi connectivity index (χ1) is 15.8. The molecule has 2 aromatic carbocycles. The first kappa shape index (κ1) is 23.4. The third-order valence-corrected chi connectivity index (χ3v) is 7.99. The average molecular weight is 489 g/mol. The number of benzene rings is 2. The maximum Gasteiger partial charge on any atom is 0.261 e. The van der Waals surface area contributed by atoms with Crippen LogP contribution in [0.5, 0.6) is 0 Å². The fourth-order valence-electron chi connectivity index (χ4n) is 3.99. The lowest BCUT2D eigenvalue weighted by Gasteiger charge is -2.20. The largest absolute Gasteiger partial charge is 0.323 e. The van der Waals surface area contributed by atoms with Crippen molar-refractivity contribution in [3.8, 4) is 0 Å². The van der Waals surface area contributed by atoms with Crippen molar-refractivity contribution in [2.24, 2.45) is 0 Å². The van der Waals surface area contributed by atoms with Gasteiger partial charge in [-0.3, -0.25) is 14.2 Å². The van der Waals surface area contributed by atoms with E-state index in [4.69, 9.17) is 11.6 Å². The maximum absolute atomic E-state index is 13.1. The number of aryl methyl sites for hydroxylation is 1. The zero-order chi connectivity index (χ0) is 23.6. The van der Waals surface area contributed by atoms with Crippen molar-refractivity contribution >= 4 is 44.1 Å². The van der Waals surface area contributed by atoms with E-state index < -0.39 is 15.9 Å². The summed E-state index contributed by atoms with van der Waals surface area (Å²) in [5.74, 6) is -0.110. The molecule has 0 aliphatic carbocycles. The molecular formula is C23H25ClN4O4S. The molecule has 33 heavy (non-hydrogen) atoms. The topological polar surface area (TPSA) is 101 Å². The van der Waals surface area contributed by atoms with Crippen molar-refractivity contribution in [3.05, 3.63) is 63.7 Å². The Morgan fingerprint density at radius 1 is 1.09 bits per heavy atom. The van der Waals surface area contributed by atoms with Crippen LogP contribution in [-0.2, 0) is 21.4 Å². The minimum atomic E-state index is -3.70. The Bertz CT molecular complexity index is 1360. The molecule has 1 amide bonds. The van der Waals surface area contributed by atoms with E-state index in [-0.39, 0.29) is 27.7 Å². The minimum Gasteiger partial charge on any atom is -0.323 e. The van der Waals surface area contributed by atoms with Crippen LogP contribution in [0.25, 0.3) is 10.9 Å². The van der Waals surface area contributed by atoms with Gasteiger partial charge >= 0.3 is 0 Å². The number of nitrogens with one attached hydrogen (secondary N) is 1. The highest BCUT2D eigenvalue weighted by Gasteiger charge is 2.26. The molecule has 1 saturated heterocycles. The van der Waals surface area contributed by atoms with Crippen LogP contribution in [0.4, 0.5) is 5.69 Å². The van der Waals surface area contributed by atoms with Crippen molar-refractivity contribution in [1.82, 2.24) is 13.9 Å². The average Bonchev–Trinajstić information content (AvgIpc) is 3.08. The van der Waals surface area contributed by atoms with E-state index in [0.717, 1.165) is 25.7 Å². The molecule has 0 radical (unpaired) electrons. The van der Waals surface area contributed by atoms with Crippen molar-refractivity contribution < 1.29 is 13.2 Å². The van der Waals surface area contributed by atoms with Crippen LogP contribution in [0.15, 0.2) is 52.2 Å². The number of hydrogen-bond acceptors (Lipinski definition) is 5. The zero-order valence-corrected chi connectivity index (χ0v) is 19.8. The zero-order valence-electron chi connectivity index (χ0n) is 18.3. The number of sulfonamides is 1. The van der Waals surface area contributed by atoms with Crippen LogP contribution in [0, 0.1) is 6.92 Å². The summed E-state index contributed by atoms with van der Waals surface area (Å²) < 4.78 is 29.0. The molecule has 0 unspecified atom stereocenters. The van der Waals surface area contributed by atoms with E-state index in [1.807, 2.05) is 0 Å². The summed E-state index contributed by atoms with van der Waals surface area (Å²) in [6.45, 7) is 2.33. The lowest BCUT2D eigenvalue weighted by molar-refractivity contribution is -0.116. The van der Waals surface area contributed by atoms with Gasteiger partial charge in [-0.15, -0.1) is 0 Å². The lowest BCUT2D eigenvalue weighted by atomic mass is 10.2. The minimum absolute atomic E-state index is 0.0739. The molecule has 1 N–H and O–H groups in total. The monoisotopic (exact) mass is 488 g/mol.